The molecule has 1 heterocycles. The summed E-state index contributed by atoms with van der Waals surface area (Å²) >= 11 is 0. The number of phenolic OH excluding ortho intramolecular Hbond substituents is 1. The zero-order valence-corrected chi connectivity index (χ0v) is 9.50. The highest BCUT2D eigenvalue weighted by atomic mass is 16.3. The van der Waals surface area contributed by atoms with E-state index in [1.807, 2.05) is 23.0 Å². The lowest BCUT2D eigenvalue weighted by molar-refractivity contribution is 0.475. The molecule has 1 aromatic heterocycles. The first-order valence-electron chi connectivity index (χ1n) is 5.87. The standard InChI is InChI=1S/C13H15N3O/c14-12-3-1-2-9-8-15-16(13(9)12)10-4-6-11(17)7-5-10/h4-8,12,17H,1-3,14H2. The van der Waals surface area contributed by atoms with Gasteiger partial charge >= 0.3 is 0 Å². The number of nitrogens with zero attached hydrogens (tertiary/aromatic N) is 2. The summed E-state index contributed by atoms with van der Waals surface area (Å²) in [5, 5.41) is 13.7. The van der Waals surface area contributed by atoms with Crippen molar-refractivity contribution in [3.63, 3.8) is 0 Å². The summed E-state index contributed by atoms with van der Waals surface area (Å²) < 4.78 is 1.89. The molecule has 4 heteroatoms. The van der Waals surface area contributed by atoms with Crippen LogP contribution in [0, 0.1) is 0 Å². The van der Waals surface area contributed by atoms with E-state index in [2.05, 4.69) is 5.10 Å². The second-order valence-electron chi connectivity index (χ2n) is 4.48. The third kappa shape index (κ3) is 1.70. The van der Waals surface area contributed by atoms with E-state index in [4.69, 9.17) is 5.73 Å². The van der Waals surface area contributed by atoms with Crippen LogP contribution >= 0.6 is 0 Å². The van der Waals surface area contributed by atoms with Gasteiger partial charge in [0.05, 0.1) is 17.6 Å². The zero-order chi connectivity index (χ0) is 11.8. The predicted octanol–water partition coefficient (Wildman–Crippen LogP) is 1.91. The largest absolute Gasteiger partial charge is 0.508 e. The molecule has 1 aliphatic rings. The van der Waals surface area contributed by atoms with Gasteiger partial charge in [-0.1, -0.05) is 0 Å². The van der Waals surface area contributed by atoms with Crippen LogP contribution in [-0.4, -0.2) is 14.9 Å². The van der Waals surface area contributed by atoms with Gasteiger partial charge < -0.3 is 10.8 Å². The summed E-state index contributed by atoms with van der Waals surface area (Å²) in [6, 6.07) is 7.10. The molecule has 3 rings (SSSR count). The Morgan fingerprint density at radius 3 is 2.82 bits per heavy atom. The molecule has 1 aliphatic carbocycles. The quantitative estimate of drug-likeness (QED) is 0.785. The van der Waals surface area contributed by atoms with Gasteiger partial charge in [0.25, 0.3) is 0 Å². The van der Waals surface area contributed by atoms with Crippen LogP contribution in [0.15, 0.2) is 30.5 Å². The van der Waals surface area contributed by atoms with Crippen molar-refractivity contribution in [2.24, 2.45) is 5.73 Å². The number of benzene rings is 1. The van der Waals surface area contributed by atoms with Gasteiger partial charge in [-0.25, -0.2) is 4.68 Å². The number of aryl methyl sites for hydroxylation is 1. The van der Waals surface area contributed by atoms with E-state index in [-0.39, 0.29) is 11.8 Å². The Hall–Kier alpha value is -1.81. The maximum Gasteiger partial charge on any atom is 0.115 e. The van der Waals surface area contributed by atoms with Crippen LogP contribution in [0.1, 0.15) is 30.1 Å². The molecule has 0 bridgehead atoms. The molecule has 17 heavy (non-hydrogen) atoms. The van der Waals surface area contributed by atoms with E-state index >= 15 is 0 Å². The van der Waals surface area contributed by atoms with Crippen molar-refractivity contribution in [2.75, 3.05) is 0 Å². The highest BCUT2D eigenvalue weighted by Crippen LogP contribution is 2.29. The van der Waals surface area contributed by atoms with Gasteiger partial charge in [0, 0.05) is 6.04 Å². The third-order valence-electron chi connectivity index (χ3n) is 3.29. The zero-order valence-electron chi connectivity index (χ0n) is 9.50. The SMILES string of the molecule is NC1CCCc2cnn(-c3ccc(O)cc3)c21. The molecule has 0 fully saturated rings. The summed E-state index contributed by atoms with van der Waals surface area (Å²) in [7, 11) is 0. The first kappa shape index (κ1) is 10.4. The topological polar surface area (TPSA) is 64.1 Å². The predicted molar refractivity (Wildman–Crippen MR) is 65.1 cm³/mol. The molecule has 0 aliphatic heterocycles. The van der Waals surface area contributed by atoms with E-state index in [0.29, 0.717) is 0 Å². The average molecular weight is 229 g/mol. The highest BCUT2D eigenvalue weighted by Gasteiger charge is 2.22. The first-order chi connectivity index (χ1) is 8.25. The van der Waals surface area contributed by atoms with E-state index in [1.165, 1.54) is 5.56 Å². The number of nitrogens with two attached hydrogens (primary N) is 1. The Morgan fingerprint density at radius 1 is 1.29 bits per heavy atom. The Morgan fingerprint density at radius 2 is 2.06 bits per heavy atom. The number of hydrogen-bond acceptors (Lipinski definition) is 3. The molecular formula is C13H15N3O. The average Bonchev–Trinajstić information content (AvgIpc) is 2.75. The van der Waals surface area contributed by atoms with Crippen LogP contribution in [0.2, 0.25) is 0 Å². The number of hydrogen-bond donors (Lipinski definition) is 2. The molecule has 0 saturated carbocycles. The number of fused-ring (bicyclic) bond motifs is 1. The number of rotatable bonds is 1. The maximum atomic E-state index is 9.29. The molecule has 0 saturated heterocycles. The van der Waals surface area contributed by atoms with Crippen molar-refractivity contribution < 1.29 is 5.11 Å². The monoisotopic (exact) mass is 229 g/mol. The summed E-state index contributed by atoms with van der Waals surface area (Å²) in [4.78, 5) is 0. The molecule has 1 unspecified atom stereocenters. The van der Waals surface area contributed by atoms with Gasteiger partial charge in [0.1, 0.15) is 5.75 Å². The van der Waals surface area contributed by atoms with Crippen molar-refractivity contribution in [1.82, 2.24) is 9.78 Å². The lowest BCUT2D eigenvalue weighted by Crippen LogP contribution is -2.20. The minimum atomic E-state index is 0.0649. The normalized spacial score (nSPS) is 19.0. The van der Waals surface area contributed by atoms with Gasteiger partial charge in [-0.15, -0.1) is 0 Å². The molecule has 0 spiro atoms. The second kappa shape index (κ2) is 3.89. The number of aromatic hydroxyl groups is 1. The fourth-order valence-corrected chi connectivity index (χ4v) is 2.43. The second-order valence-corrected chi connectivity index (χ2v) is 4.48. The lowest BCUT2D eigenvalue weighted by atomic mass is 9.94. The molecule has 1 aromatic carbocycles. The van der Waals surface area contributed by atoms with Crippen LogP contribution in [0.5, 0.6) is 5.75 Å². The van der Waals surface area contributed by atoms with Crippen molar-refractivity contribution in [3.05, 3.63) is 41.7 Å². The van der Waals surface area contributed by atoms with Crippen LogP contribution < -0.4 is 5.73 Å². The first-order valence-corrected chi connectivity index (χ1v) is 5.87. The van der Waals surface area contributed by atoms with Crippen molar-refractivity contribution in [1.29, 1.82) is 0 Å². The summed E-state index contributed by atoms with van der Waals surface area (Å²) in [5.74, 6) is 0.263. The van der Waals surface area contributed by atoms with E-state index in [0.717, 1.165) is 30.6 Å². The Balaban J connectivity index is 2.09. The highest BCUT2D eigenvalue weighted by molar-refractivity contribution is 5.40. The van der Waals surface area contributed by atoms with Crippen LogP contribution in [0.4, 0.5) is 0 Å². The number of phenols is 1. The molecule has 4 nitrogen and oxygen atoms in total. The molecule has 0 amide bonds. The van der Waals surface area contributed by atoms with Gasteiger partial charge in [-0.2, -0.15) is 5.10 Å². The smallest absolute Gasteiger partial charge is 0.115 e. The molecular weight excluding hydrogens is 214 g/mol. The molecule has 0 radical (unpaired) electrons. The van der Waals surface area contributed by atoms with Crippen molar-refractivity contribution in [3.8, 4) is 11.4 Å². The minimum Gasteiger partial charge on any atom is -0.508 e. The van der Waals surface area contributed by atoms with E-state index < -0.39 is 0 Å². The van der Waals surface area contributed by atoms with Crippen LogP contribution in [-0.2, 0) is 6.42 Å². The summed E-state index contributed by atoms with van der Waals surface area (Å²) in [6.07, 6.45) is 5.11. The van der Waals surface area contributed by atoms with Crippen molar-refractivity contribution >= 4 is 0 Å². The molecule has 3 N–H and O–H groups in total. The third-order valence-corrected chi connectivity index (χ3v) is 3.29. The minimum absolute atomic E-state index is 0.0649. The summed E-state index contributed by atoms with van der Waals surface area (Å²) in [5.41, 5.74) is 9.45. The van der Waals surface area contributed by atoms with Gasteiger partial charge in [-0.05, 0) is 49.1 Å². The Kier molecular flexibility index (Phi) is 2.37. The summed E-state index contributed by atoms with van der Waals surface area (Å²) in [6.45, 7) is 0. The van der Waals surface area contributed by atoms with E-state index in [9.17, 15) is 5.11 Å². The lowest BCUT2D eigenvalue weighted by Gasteiger charge is -2.20. The molecule has 88 valence electrons. The van der Waals surface area contributed by atoms with E-state index in [1.54, 1.807) is 12.1 Å². The Bertz CT molecular complexity index is 530. The van der Waals surface area contributed by atoms with Gasteiger partial charge in [0.15, 0.2) is 0 Å². The fraction of sp³-hybridized carbons (Fsp3) is 0.308. The molecule has 2 aromatic rings. The Labute approximate surface area is 99.7 Å². The number of aromatic nitrogens is 2. The van der Waals surface area contributed by atoms with Crippen LogP contribution in [0.25, 0.3) is 5.69 Å². The van der Waals surface area contributed by atoms with Gasteiger partial charge in [0.2, 0.25) is 0 Å². The van der Waals surface area contributed by atoms with Gasteiger partial charge in [-0.3, -0.25) is 0 Å². The maximum absolute atomic E-state index is 9.29. The van der Waals surface area contributed by atoms with Crippen LogP contribution in [0.3, 0.4) is 0 Å². The molecule has 1 atom stereocenters. The fourth-order valence-electron chi connectivity index (χ4n) is 2.43. The van der Waals surface area contributed by atoms with Crippen molar-refractivity contribution in [2.45, 2.75) is 25.3 Å².